The maximum Gasteiger partial charge on any atom is 0.490 e. The number of hydrogen-bond acceptors (Lipinski definition) is 7. The summed E-state index contributed by atoms with van der Waals surface area (Å²) >= 11 is 0. The number of carbonyl (C=O) groups excluding carboxylic acids is 1. The van der Waals surface area contributed by atoms with Crippen molar-refractivity contribution in [3.8, 4) is 17.2 Å². The van der Waals surface area contributed by atoms with Crippen LogP contribution in [-0.4, -0.2) is 60.5 Å². The first-order valence-electron chi connectivity index (χ1n) is 9.47. The largest absolute Gasteiger partial charge is 0.493 e. The highest BCUT2D eigenvalue weighted by Gasteiger charge is 2.38. The molecule has 0 heterocycles. The maximum absolute atomic E-state index is 12.3. The van der Waals surface area contributed by atoms with E-state index in [1.165, 1.54) is 13.2 Å². The average molecular weight is 485 g/mol. The molecule has 2 aromatic carbocycles. The number of halogens is 3. The molecule has 0 aliphatic carbocycles. The lowest BCUT2D eigenvalue weighted by molar-refractivity contribution is -0.192. The Morgan fingerprint density at radius 2 is 1.68 bits per heavy atom. The second-order valence-corrected chi connectivity index (χ2v) is 6.22. The van der Waals surface area contributed by atoms with E-state index in [1.807, 2.05) is 0 Å². The number of ketones is 1. The van der Waals surface area contributed by atoms with Crippen molar-refractivity contribution in [2.24, 2.45) is 5.73 Å². The highest BCUT2D eigenvalue weighted by molar-refractivity contribution is 6.05. The molecule has 9 nitrogen and oxygen atoms in total. The standard InChI is InChI=1S/C20H21NO6.C2HF3O2/c1-25-17-7-2-3-8-18(17)27-19(20(23)24)10-9-16(22)14-5-4-6-15(13-14)26-12-11-21;3-2(4,5)1(6)7/h2-10,13,19H,11-12,21H2,1H3,(H,23,24);(H,6,7). The van der Waals surface area contributed by atoms with Gasteiger partial charge in [0.2, 0.25) is 6.10 Å². The molecule has 0 fully saturated rings. The van der Waals surface area contributed by atoms with Crippen LogP contribution in [0.2, 0.25) is 0 Å². The van der Waals surface area contributed by atoms with Gasteiger partial charge < -0.3 is 30.2 Å². The molecular formula is C22H22F3NO8. The number of carbonyl (C=O) groups is 3. The third-order valence-corrected chi connectivity index (χ3v) is 3.74. The van der Waals surface area contributed by atoms with E-state index in [4.69, 9.17) is 29.8 Å². The summed E-state index contributed by atoms with van der Waals surface area (Å²) in [6.07, 6.45) is -4.08. The molecule has 0 saturated heterocycles. The van der Waals surface area contributed by atoms with E-state index in [2.05, 4.69) is 0 Å². The van der Waals surface area contributed by atoms with Crippen LogP contribution in [0, 0.1) is 0 Å². The smallest absolute Gasteiger partial charge is 0.490 e. The Bertz CT molecular complexity index is 1010. The van der Waals surface area contributed by atoms with Crippen molar-refractivity contribution in [1.29, 1.82) is 0 Å². The van der Waals surface area contributed by atoms with Gasteiger partial charge in [-0.2, -0.15) is 13.2 Å². The SMILES string of the molecule is COc1ccccc1OC(C=CC(=O)c1cccc(OCCN)c1)C(=O)O.O=C(O)C(F)(F)F. The molecule has 0 aliphatic heterocycles. The number of benzene rings is 2. The lowest BCUT2D eigenvalue weighted by Gasteiger charge is -2.14. The Morgan fingerprint density at radius 1 is 1.06 bits per heavy atom. The number of aliphatic carboxylic acids is 2. The second-order valence-electron chi connectivity index (χ2n) is 6.22. The number of nitrogens with two attached hydrogens (primary N) is 1. The van der Waals surface area contributed by atoms with Gasteiger partial charge in [-0.1, -0.05) is 24.3 Å². The molecule has 0 aromatic heterocycles. The molecule has 0 amide bonds. The molecule has 0 aliphatic rings. The molecule has 2 rings (SSSR count). The summed E-state index contributed by atoms with van der Waals surface area (Å²) in [5.41, 5.74) is 5.75. The number of carboxylic acid groups (broad SMARTS) is 2. The Labute approximate surface area is 192 Å². The zero-order valence-electron chi connectivity index (χ0n) is 17.8. The van der Waals surface area contributed by atoms with Crippen LogP contribution in [0.1, 0.15) is 10.4 Å². The Balaban J connectivity index is 0.000000718. The number of methoxy groups -OCH3 is 1. The minimum Gasteiger partial charge on any atom is -0.493 e. The summed E-state index contributed by atoms with van der Waals surface area (Å²) in [6.45, 7) is 0.694. The number of alkyl halides is 3. The van der Waals surface area contributed by atoms with E-state index in [1.54, 1.807) is 48.5 Å². The Kier molecular flexibility index (Phi) is 11.1. The van der Waals surface area contributed by atoms with Gasteiger partial charge in [-0.05, 0) is 36.4 Å². The Hall–Kier alpha value is -4.06. The summed E-state index contributed by atoms with van der Waals surface area (Å²) < 4.78 is 47.7. The van der Waals surface area contributed by atoms with Gasteiger partial charge in [-0.25, -0.2) is 9.59 Å². The summed E-state index contributed by atoms with van der Waals surface area (Å²) in [7, 11) is 1.46. The summed E-state index contributed by atoms with van der Waals surface area (Å²) in [5.74, 6) is -3.18. The van der Waals surface area contributed by atoms with Crippen molar-refractivity contribution in [2.75, 3.05) is 20.3 Å². The molecule has 184 valence electrons. The van der Waals surface area contributed by atoms with Gasteiger partial charge in [0, 0.05) is 12.1 Å². The lowest BCUT2D eigenvalue weighted by Crippen LogP contribution is -2.25. The van der Waals surface area contributed by atoms with Crippen LogP contribution < -0.4 is 19.9 Å². The minimum absolute atomic E-state index is 0.265. The first-order valence-corrected chi connectivity index (χ1v) is 9.47. The van der Waals surface area contributed by atoms with Gasteiger partial charge in [-0.3, -0.25) is 4.79 Å². The van der Waals surface area contributed by atoms with Gasteiger partial charge in [-0.15, -0.1) is 0 Å². The van der Waals surface area contributed by atoms with Crippen molar-refractivity contribution in [3.05, 3.63) is 66.2 Å². The van der Waals surface area contributed by atoms with Gasteiger partial charge in [0.05, 0.1) is 7.11 Å². The van der Waals surface area contributed by atoms with Crippen LogP contribution in [0.5, 0.6) is 17.2 Å². The molecule has 0 saturated carbocycles. The van der Waals surface area contributed by atoms with E-state index in [0.717, 1.165) is 6.08 Å². The average Bonchev–Trinajstić information content (AvgIpc) is 2.80. The van der Waals surface area contributed by atoms with Gasteiger partial charge in [0.25, 0.3) is 0 Å². The number of carboxylic acids is 2. The predicted octanol–water partition coefficient (Wildman–Crippen LogP) is 2.94. The zero-order valence-corrected chi connectivity index (χ0v) is 17.8. The second kappa shape index (κ2) is 13.5. The number of hydrogen-bond donors (Lipinski definition) is 3. The highest BCUT2D eigenvalue weighted by Crippen LogP contribution is 2.27. The molecule has 2 aromatic rings. The molecule has 0 spiro atoms. The van der Waals surface area contributed by atoms with Crippen LogP contribution in [0.3, 0.4) is 0 Å². The zero-order chi connectivity index (χ0) is 25.7. The van der Waals surface area contributed by atoms with Crippen LogP contribution in [0.15, 0.2) is 60.7 Å². The van der Waals surface area contributed by atoms with E-state index in [9.17, 15) is 27.9 Å². The number of ether oxygens (including phenoxy) is 3. The van der Waals surface area contributed by atoms with Crippen LogP contribution >= 0.6 is 0 Å². The number of allylic oxidation sites excluding steroid dienone is 1. The fourth-order valence-electron chi connectivity index (χ4n) is 2.21. The molecule has 0 radical (unpaired) electrons. The maximum atomic E-state index is 12.3. The van der Waals surface area contributed by atoms with Crippen LogP contribution in [0.4, 0.5) is 13.2 Å². The predicted molar refractivity (Wildman–Crippen MR) is 113 cm³/mol. The molecule has 12 heteroatoms. The third-order valence-electron chi connectivity index (χ3n) is 3.74. The molecule has 4 N–H and O–H groups in total. The minimum atomic E-state index is -5.08. The summed E-state index contributed by atoms with van der Waals surface area (Å²) in [6, 6.07) is 13.2. The van der Waals surface area contributed by atoms with Crippen molar-refractivity contribution in [3.63, 3.8) is 0 Å². The van der Waals surface area contributed by atoms with E-state index in [-0.39, 0.29) is 11.5 Å². The van der Waals surface area contributed by atoms with E-state index >= 15 is 0 Å². The third kappa shape index (κ3) is 9.61. The van der Waals surface area contributed by atoms with Crippen LogP contribution in [0.25, 0.3) is 0 Å². The Morgan fingerprint density at radius 3 is 2.21 bits per heavy atom. The van der Waals surface area contributed by atoms with Crippen LogP contribution in [-0.2, 0) is 9.59 Å². The monoisotopic (exact) mass is 485 g/mol. The highest BCUT2D eigenvalue weighted by atomic mass is 19.4. The molecule has 1 atom stereocenters. The van der Waals surface area contributed by atoms with Gasteiger partial charge in [0.15, 0.2) is 17.3 Å². The number of para-hydroxylation sites is 2. The fourth-order valence-corrected chi connectivity index (χ4v) is 2.21. The van der Waals surface area contributed by atoms with Gasteiger partial charge >= 0.3 is 18.1 Å². The summed E-state index contributed by atoms with van der Waals surface area (Å²) in [5, 5.41) is 16.5. The molecule has 1 unspecified atom stereocenters. The molecule has 34 heavy (non-hydrogen) atoms. The van der Waals surface area contributed by atoms with Crippen molar-refractivity contribution >= 4 is 17.7 Å². The molecule has 0 bridgehead atoms. The normalized spacial score (nSPS) is 11.7. The lowest BCUT2D eigenvalue weighted by atomic mass is 10.1. The van der Waals surface area contributed by atoms with E-state index < -0.39 is 24.2 Å². The number of rotatable bonds is 10. The van der Waals surface area contributed by atoms with Gasteiger partial charge in [0.1, 0.15) is 12.4 Å². The van der Waals surface area contributed by atoms with Crippen molar-refractivity contribution < 1.29 is 52.0 Å². The van der Waals surface area contributed by atoms with Crippen molar-refractivity contribution in [1.82, 2.24) is 0 Å². The fraction of sp³-hybridized carbons (Fsp3) is 0.227. The van der Waals surface area contributed by atoms with E-state index in [0.29, 0.717) is 30.2 Å². The topological polar surface area (TPSA) is 145 Å². The summed E-state index contributed by atoms with van der Waals surface area (Å²) in [4.78, 5) is 32.7. The first-order chi connectivity index (χ1) is 16.0. The molecular weight excluding hydrogens is 463 g/mol. The first kappa shape index (κ1) is 28.0. The van der Waals surface area contributed by atoms with Crippen molar-refractivity contribution in [2.45, 2.75) is 12.3 Å². The quantitative estimate of drug-likeness (QED) is 0.342.